The summed E-state index contributed by atoms with van der Waals surface area (Å²) in [4.78, 5) is 4.45. The van der Waals surface area contributed by atoms with E-state index >= 15 is 0 Å². The second-order valence-electron chi connectivity index (χ2n) is 4.21. The van der Waals surface area contributed by atoms with E-state index in [1.54, 1.807) is 9.36 Å². The fourth-order valence-electron chi connectivity index (χ4n) is 2.04. The second-order valence-corrected chi connectivity index (χ2v) is 4.21. The van der Waals surface area contributed by atoms with E-state index < -0.39 is 0 Å². The van der Waals surface area contributed by atoms with Gasteiger partial charge in [0, 0.05) is 43.0 Å². The highest BCUT2D eigenvalue weighted by atomic mass is 15.3. The van der Waals surface area contributed by atoms with Crippen LogP contribution in [0.3, 0.4) is 0 Å². The molecule has 0 aromatic carbocycles. The number of rotatable bonds is 1. The van der Waals surface area contributed by atoms with E-state index in [0.29, 0.717) is 0 Å². The van der Waals surface area contributed by atoms with Crippen LogP contribution in [0.1, 0.15) is 5.69 Å². The zero-order chi connectivity index (χ0) is 12.0. The van der Waals surface area contributed by atoms with Crippen molar-refractivity contribution in [2.45, 2.75) is 6.92 Å². The molecule has 0 unspecified atom stereocenters. The van der Waals surface area contributed by atoms with Crippen LogP contribution in [0.5, 0.6) is 0 Å². The Labute approximate surface area is 98.7 Å². The van der Waals surface area contributed by atoms with Gasteiger partial charge in [-0.15, -0.1) is 0 Å². The molecule has 0 radical (unpaired) electrons. The number of fused-ring (bicyclic) bond motifs is 1. The summed E-state index contributed by atoms with van der Waals surface area (Å²) in [6.45, 7) is 2.00. The van der Waals surface area contributed by atoms with Gasteiger partial charge < -0.3 is 0 Å². The summed E-state index contributed by atoms with van der Waals surface area (Å²) in [6.07, 6.45) is 5.68. The van der Waals surface area contributed by atoms with Crippen LogP contribution in [0.2, 0.25) is 0 Å². The number of hydrogen-bond donors (Lipinski definition) is 0. The van der Waals surface area contributed by atoms with Crippen LogP contribution in [-0.2, 0) is 14.1 Å². The van der Waals surface area contributed by atoms with Crippen LogP contribution in [0.25, 0.3) is 22.2 Å². The van der Waals surface area contributed by atoms with E-state index in [4.69, 9.17) is 0 Å². The lowest BCUT2D eigenvalue weighted by Crippen LogP contribution is -1.91. The Kier molecular flexibility index (Phi) is 2.01. The largest absolute Gasteiger partial charge is 0.275 e. The standard InChI is InChI=1S/C12H13N5/c1-8-11-4-9(10-6-14-16(2)7-10)5-13-12(11)17(3)15-8/h4-7H,1-3H3. The van der Waals surface area contributed by atoms with Crippen molar-refractivity contribution in [2.75, 3.05) is 0 Å². The van der Waals surface area contributed by atoms with E-state index in [2.05, 4.69) is 21.2 Å². The molecule has 86 valence electrons. The lowest BCUT2D eigenvalue weighted by atomic mass is 10.1. The molecule has 0 aliphatic heterocycles. The summed E-state index contributed by atoms with van der Waals surface area (Å²) in [7, 11) is 3.82. The first-order valence-electron chi connectivity index (χ1n) is 5.43. The zero-order valence-corrected chi connectivity index (χ0v) is 10.0. The lowest BCUT2D eigenvalue weighted by Gasteiger charge is -1.98. The average Bonchev–Trinajstić information content (AvgIpc) is 2.85. The maximum absolute atomic E-state index is 4.45. The molecule has 0 saturated carbocycles. The topological polar surface area (TPSA) is 48.5 Å². The number of hydrogen-bond acceptors (Lipinski definition) is 3. The van der Waals surface area contributed by atoms with Crippen molar-refractivity contribution < 1.29 is 0 Å². The van der Waals surface area contributed by atoms with Crippen LogP contribution in [0, 0.1) is 6.92 Å². The minimum Gasteiger partial charge on any atom is -0.275 e. The molecule has 0 saturated heterocycles. The molecule has 0 bridgehead atoms. The summed E-state index contributed by atoms with van der Waals surface area (Å²) >= 11 is 0. The van der Waals surface area contributed by atoms with Crippen LogP contribution >= 0.6 is 0 Å². The van der Waals surface area contributed by atoms with Crippen molar-refractivity contribution in [3.8, 4) is 11.1 Å². The molecule has 5 heteroatoms. The average molecular weight is 227 g/mol. The third-order valence-corrected chi connectivity index (χ3v) is 2.90. The van der Waals surface area contributed by atoms with Gasteiger partial charge in [0.25, 0.3) is 0 Å². The Bertz CT molecular complexity index is 692. The van der Waals surface area contributed by atoms with Crippen LogP contribution < -0.4 is 0 Å². The molecule has 0 N–H and O–H groups in total. The van der Waals surface area contributed by atoms with Crippen molar-refractivity contribution in [1.29, 1.82) is 0 Å². The molecule has 3 aromatic heterocycles. The number of pyridine rings is 1. The van der Waals surface area contributed by atoms with Gasteiger partial charge in [-0.1, -0.05) is 0 Å². The van der Waals surface area contributed by atoms with Crippen molar-refractivity contribution in [2.24, 2.45) is 14.1 Å². The van der Waals surface area contributed by atoms with Gasteiger partial charge in [0.05, 0.1) is 11.9 Å². The molecule has 0 aliphatic rings. The lowest BCUT2D eigenvalue weighted by molar-refractivity contribution is 0.768. The minimum absolute atomic E-state index is 0.912. The van der Waals surface area contributed by atoms with Gasteiger partial charge in [0.15, 0.2) is 5.65 Å². The summed E-state index contributed by atoms with van der Waals surface area (Å²) in [5.41, 5.74) is 4.06. The number of nitrogens with zero attached hydrogens (tertiary/aromatic N) is 5. The van der Waals surface area contributed by atoms with E-state index in [1.165, 1.54) is 0 Å². The molecular weight excluding hydrogens is 214 g/mol. The van der Waals surface area contributed by atoms with Crippen molar-refractivity contribution >= 4 is 11.0 Å². The highest BCUT2D eigenvalue weighted by Gasteiger charge is 2.08. The molecular formula is C12H13N5. The van der Waals surface area contributed by atoms with Gasteiger partial charge in [-0.3, -0.25) is 9.36 Å². The molecule has 3 rings (SSSR count). The van der Waals surface area contributed by atoms with Crippen molar-refractivity contribution in [1.82, 2.24) is 24.5 Å². The Morgan fingerprint density at radius 2 is 1.94 bits per heavy atom. The molecule has 0 fully saturated rings. The summed E-state index contributed by atoms with van der Waals surface area (Å²) in [5.74, 6) is 0. The molecule has 3 aromatic rings. The summed E-state index contributed by atoms with van der Waals surface area (Å²) < 4.78 is 3.59. The van der Waals surface area contributed by atoms with E-state index in [1.807, 2.05) is 39.6 Å². The Morgan fingerprint density at radius 1 is 1.12 bits per heavy atom. The molecule has 3 heterocycles. The number of aromatic nitrogens is 5. The maximum Gasteiger partial charge on any atom is 0.157 e. The first kappa shape index (κ1) is 10.0. The Balaban J connectivity index is 2.22. The maximum atomic E-state index is 4.45. The smallest absolute Gasteiger partial charge is 0.157 e. The second kappa shape index (κ2) is 3.41. The highest BCUT2D eigenvalue weighted by Crippen LogP contribution is 2.23. The number of aryl methyl sites for hydroxylation is 3. The minimum atomic E-state index is 0.912. The summed E-state index contributed by atoms with van der Waals surface area (Å²) in [6, 6.07) is 2.11. The van der Waals surface area contributed by atoms with Crippen molar-refractivity contribution in [3.05, 3.63) is 30.4 Å². The SMILES string of the molecule is Cc1nn(C)c2ncc(-c3cnn(C)c3)cc12. The van der Waals surface area contributed by atoms with Crippen molar-refractivity contribution in [3.63, 3.8) is 0 Å². The molecule has 0 atom stereocenters. The monoisotopic (exact) mass is 227 g/mol. The predicted octanol–water partition coefficient (Wildman–Crippen LogP) is 1.68. The fraction of sp³-hybridized carbons (Fsp3) is 0.250. The van der Waals surface area contributed by atoms with Crippen LogP contribution in [-0.4, -0.2) is 24.5 Å². The molecule has 5 nitrogen and oxygen atoms in total. The Hall–Kier alpha value is -2.17. The van der Waals surface area contributed by atoms with Crippen LogP contribution in [0.15, 0.2) is 24.7 Å². The van der Waals surface area contributed by atoms with Gasteiger partial charge in [-0.2, -0.15) is 10.2 Å². The van der Waals surface area contributed by atoms with Gasteiger partial charge in [0.2, 0.25) is 0 Å². The van der Waals surface area contributed by atoms with Gasteiger partial charge in [-0.05, 0) is 13.0 Å². The highest BCUT2D eigenvalue weighted by molar-refractivity contribution is 5.83. The molecule has 0 aliphatic carbocycles. The van der Waals surface area contributed by atoms with E-state index in [9.17, 15) is 0 Å². The molecule has 17 heavy (non-hydrogen) atoms. The Morgan fingerprint density at radius 3 is 2.65 bits per heavy atom. The zero-order valence-electron chi connectivity index (χ0n) is 10.0. The first-order valence-corrected chi connectivity index (χ1v) is 5.43. The van der Waals surface area contributed by atoms with Gasteiger partial charge >= 0.3 is 0 Å². The predicted molar refractivity (Wildman–Crippen MR) is 65.4 cm³/mol. The normalized spacial score (nSPS) is 11.2. The summed E-state index contributed by atoms with van der Waals surface area (Å²) in [5, 5.41) is 9.62. The molecule has 0 spiro atoms. The van der Waals surface area contributed by atoms with Crippen LogP contribution in [0.4, 0.5) is 0 Å². The molecule has 0 amide bonds. The van der Waals surface area contributed by atoms with E-state index in [-0.39, 0.29) is 0 Å². The third-order valence-electron chi connectivity index (χ3n) is 2.90. The first-order chi connectivity index (χ1) is 8.15. The fourth-order valence-corrected chi connectivity index (χ4v) is 2.04. The van der Waals surface area contributed by atoms with Gasteiger partial charge in [0.1, 0.15) is 0 Å². The third kappa shape index (κ3) is 1.51. The van der Waals surface area contributed by atoms with E-state index in [0.717, 1.165) is 27.9 Å². The van der Waals surface area contributed by atoms with Gasteiger partial charge in [-0.25, -0.2) is 4.98 Å². The quantitative estimate of drug-likeness (QED) is 0.635.